The largest absolute Gasteiger partial charge is 0.475 e. The number of hydrogen-bond acceptors (Lipinski definition) is 6. The molecule has 1 aliphatic rings. The molecule has 98 valence electrons. The molecule has 19 heavy (non-hydrogen) atoms. The van der Waals surface area contributed by atoms with Crippen LogP contribution in [0.2, 0.25) is 0 Å². The average Bonchev–Trinajstić information content (AvgIpc) is 2.81. The van der Waals surface area contributed by atoms with Gasteiger partial charge in [0.2, 0.25) is 6.79 Å². The fourth-order valence-electron chi connectivity index (χ4n) is 1.48. The number of nitro groups is 1. The molecule has 0 saturated carbocycles. The fraction of sp³-hybridized carbons (Fsp3) is 0.0909. The van der Waals surface area contributed by atoms with Gasteiger partial charge in [0.15, 0.2) is 11.5 Å². The summed E-state index contributed by atoms with van der Waals surface area (Å²) in [6.07, 6.45) is 1.80. The molecule has 0 radical (unpaired) electrons. The Labute approximate surface area is 106 Å². The van der Waals surface area contributed by atoms with Crippen LogP contribution >= 0.6 is 0 Å². The van der Waals surface area contributed by atoms with E-state index in [0.29, 0.717) is 5.75 Å². The van der Waals surface area contributed by atoms with Crippen molar-refractivity contribution in [2.45, 2.75) is 0 Å². The summed E-state index contributed by atoms with van der Waals surface area (Å²) in [4.78, 5) is 31.5. The van der Waals surface area contributed by atoms with Crippen LogP contribution in [-0.4, -0.2) is 28.6 Å². The third kappa shape index (κ3) is 2.51. The molecule has 0 unspecified atom stereocenters. The van der Waals surface area contributed by atoms with Gasteiger partial charge in [0.25, 0.3) is 11.5 Å². The van der Waals surface area contributed by atoms with Gasteiger partial charge in [-0.2, -0.15) is 0 Å². The third-order valence-corrected chi connectivity index (χ3v) is 2.34. The van der Waals surface area contributed by atoms with Crippen LogP contribution in [0.4, 0.5) is 5.69 Å². The number of carbonyl (C=O) groups is 2. The number of nitro benzene ring substituents is 1. The minimum Gasteiger partial charge on any atom is -0.475 e. The third-order valence-electron chi connectivity index (χ3n) is 2.34. The zero-order chi connectivity index (χ0) is 14.0. The summed E-state index contributed by atoms with van der Waals surface area (Å²) in [6, 6.07) is 2.47. The number of fused-ring (bicyclic) bond motifs is 1. The topological polar surface area (TPSA) is 116 Å². The Morgan fingerprint density at radius 1 is 1.32 bits per heavy atom. The molecule has 1 aromatic rings. The van der Waals surface area contributed by atoms with E-state index in [1.165, 1.54) is 6.07 Å². The molecule has 0 saturated heterocycles. The molecule has 8 nitrogen and oxygen atoms in total. The molecule has 0 bridgehead atoms. The van der Waals surface area contributed by atoms with E-state index >= 15 is 0 Å². The number of ketones is 1. The number of carbonyl (C=O) groups excluding carboxylic acids is 1. The van der Waals surface area contributed by atoms with Gasteiger partial charge in [-0.1, -0.05) is 0 Å². The molecule has 0 aromatic heterocycles. The number of carboxylic acids is 1. The van der Waals surface area contributed by atoms with Crippen molar-refractivity contribution >= 4 is 23.5 Å². The first-order chi connectivity index (χ1) is 8.99. The quantitative estimate of drug-likeness (QED) is 0.373. The smallest absolute Gasteiger partial charge is 0.376 e. The molecule has 0 amide bonds. The lowest BCUT2D eigenvalue weighted by Crippen LogP contribution is -2.08. The van der Waals surface area contributed by atoms with Gasteiger partial charge in [-0.3, -0.25) is 14.9 Å². The highest BCUT2D eigenvalue weighted by molar-refractivity contribution is 6.38. The molecule has 0 spiro atoms. The van der Waals surface area contributed by atoms with Gasteiger partial charge >= 0.3 is 5.97 Å². The fourth-order valence-corrected chi connectivity index (χ4v) is 1.48. The summed E-state index contributed by atoms with van der Waals surface area (Å²) in [6.45, 7) is -0.0479. The van der Waals surface area contributed by atoms with Crippen molar-refractivity contribution in [1.29, 1.82) is 0 Å². The number of benzene rings is 1. The lowest BCUT2D eigenvalue weighted by atomic mass is 10.1. The van der Waals surface area contributed by atoms with Crippen molar-refractivity contribution in [2.75, 3.05) is 6.79 Å². The summed E-state index contributed by atoms with van der Waals surface area (Å²) < 4.78 is 10.0. The lowest BCUT2D eigenvalue weighted by Gasteiger charge is -2.00. The molecule has 1 aliphatic heterocycles. The number of carboxylic acid groups (broad SMARTS) is 1. The van der Waals surface area contributed by atoms with Crippen molar-refractivity contribution in [1.82, 2.24) is 0 Å². The Balaban J connectivity index is 2.41. The first-order valence-corrected chi connectivity index (χ1v) is 5.02. The number of hydrogen-bond donors (Lipinski definition) is 1. The number of rotatable bonds is 4. The zero-order valence-corrected chi connectivity index (χ0v) is 9.36. The minimum absolute atomic E-state index is 0.0479. The van der Waals surface area contributed by atoms with E-state index in [2.05, 4.69) is 0 Å². The normalized spacial score (nSPS) is 12.6. The van der Waals surface area contributed by atoms with Gasteiger partial charge in [0.05, 0.1) is 16.6 Å². The van der Waals surface area contributed by atoms with Crippen LogP contribution < -0.4 is 9.47 Å². The molecule has 2 rings (SSSR count). The van der Waals surface area contributed by atoms with E-state index in [0.717, 1.165) is 18.2 Å². The summed E-state index contributed by atoms with van der Waals surface area (Å²) in [7, 11) is 0. The van der Waals surface area contributed by atoms with Crippen molar-refractivity contribution in [3.8, 4) is 11.5 Å². The van der Waals surface area contributed by atoms with Crippen LogP contribution in [-0.2, 0) is 9.59 Å². The van der Waals surface area contributed by atoms with Gasteiger partial charge in [-0.15, -0.1) is 0 Å². The van der Waals surface area contributed by atoms with Crippen LogP contribution in [0.1, 0.15) is 5.56 Å². The summed E-state index contributed by atoms with van der Waals surface area (Å²) in [5, 5.41) is 19.3. The van der Waals surface area contributed by atoms with E-state index in [1.807, 2.05) is 0 Å². The van der Waals surface area contributed by atoms with Crippen LogP contribution in [0, 0.1) is 10.1 Å². The van der Waals surface area contributed by atoms with Gasteiger partial charge in [0.1, 0.15) is 0 Å². The van der Waals surface area contributed by atoms with Crippen molar-refractivity contribution in [2.24, 2.45) is 0 Å². The van der Waals surface area contributed by atoms with Crippen molar-refractivity contribution in [3.05, 3.63) is 33.9 Å². The van der Waals surface area contributed by atoms with Crippen LogP contribution in [0.3, 0.4) is 0 Å². The summed E-state index contributed by atoms with van der Waals surface area (Å²) >= 11 is 0. The van der Waals surface area contributed by atoms with Crippen molar-refractivity contribution < 1.29 is 29.1 Å². The second-order valence-corrected chi connectivity index (χ2v) is 3.52. The monoisotopic (exact) mass is 265 g/mol. The molecule has 0 atom stereocenters. The van der Waals surface area contributed by atoms with Crippen molar-refractivity contribution in [3.63, 3.8) is 0 Å². The average molecular weight is 265 g/mol. The maximum atomic E-state index is 10.9. The number of aliphatic carboxylic acids is 1. The second-order valence-electron chi connectivity index (χ2n) is 3.52. The first-order valence-electron chi connectivity index (χ1n) is 5.02. The zero-order valence-electron chi connectivity index (χ0n) is 9.36. The van der Waals surface area contributed by atoms with E-state index in [4.69, 9.17) is 14.6 Å². The highest BCUT2D eigenvalue weighted by Crippen LogP contribution is 2.38. The maximum absolute atomic E-state index is 10.9. The summed E-state index contributed by atoms with van der Waals surface area (Å²) in [5.41, 5.74) is -0.248. The van der Waals surface area contributed by atoms with E-state index < -0.39 is 16.7 Å². The van der Waals surface area contributed by atoms with E-state index in [-0.39, 0.29) is 23.8 Å². The minimum atomic E-state index is -1.64. The van der Waals surface area contributed by atoms with E-state index in [9.17, 15) is 19.7 Å². The van der Waals surface area contributed by atoms with Gasteiger partial charge in [-0.05, 0) is 18.2 Å². The molecule has 0 aliphatic carbocycles. The lowest BCUT2D eigenvalue weighted by molar-refractivity contribution is -0.385. The molecule has 8 heteroatoms. The van der Waals surface area contributed by atoms with Crippen LogP contribution in [0.5, 0.6) is 11.5 Å². The molecule has 1 heterocycles. The SMILES string of the molecule is O=C(O)C(=O)/C=C/c1cc2c(cc1[N+](=O)[O-])OCO2. The predicted octanol–water partition coefficient (Wildman–Crippen LogP) is 0.990. The summed E-state index contributed by atoms with van der Waals surface area (Å²) in [5.74, 6) is -2.28. The predicted molar refractivity (Wildman–Crippen MR) is 60.9 cm³/mol. The number of nitrogens with zero attached hydrogens (tertiary/aromatic N) is 1. The van der Waals surface area contributed by atoms with Crippen LogP contribution in [0.15, 0.2) is 18.2 Å². The van der Waals surface area contributed by atoms with Gasteiger partial charge < -0.3 is 14.6 Å². The molecule has 1 aromatic carbocycles. The Morgan fingerprint density at radius 2 is 1.95 bits per heavy atom. The number of ether oxygens (including phenoxy) is 2. The second kappa shape index (κ2) is 4.77. The Hall–Kier alpha value is -2.90. The van der Waals surface area contributed by atoms with E-state index in [1.54, 1.807) is 0 Å². The molecular weight excluding hydrogens is 258 g/mol. The molecule has 0 fully saturated rings. The Kier molecular flexibility index (Phi) is 3.15. The first kappa shape index (κ1) is 12.6. The molecule has 1 N–H and O–H groups in total. The Bertz CT molecular complexity index is 605. The maximum Gasteiger partial charge on any atom is 0.376 e. The van der Waals surface area contributed by atoms with Gasteiger partial charge in [0, 0.05) is 0 Å². The van der Waals surface area contributed by atoms with Crippen LogP contribution in [0.25, 0.3) is 6.08 Å². The molecular formula is C11H7NO7. The highest BCUT2D eigenvalue weighted by atomic mass is 16.7. The highest BCUT2D eigenvalue weighted by Gasteiger charge is 2.22. The Morgan fingerprint density at radius 3 is 2.53 bits per heavy atom. The van der Waals surface area contributed by atoms with Gasteiger partial charge in [-0.25, -0.2) is 4.79 Å². The standard InChI is InChI=1S/C11H7NO7/c13-8(11(14)15)2-1-6-3-9-10(19-5-18-9)4-7(6)12(16)17/h1-4H,5H2,(H,14,15)/b2-1+.